The zero-order chi connectivity index (χ0) is 19.6. The second-order valence-corrected chi connectivity index (χ2v) is 7.76. The predicted octanol–water partition coefficient (Wildman–Crippen LogP) is 4.60. The molecule has 1 aliphatic rings. The molecule has 0 amide bonds. The fraction of sp³-hybridized carbons (Fsp3) is 0.280. The summed E-state index contributed by atoms with van der Waals surface area (Å²) in [6, 6.07) is 25.6. The van der Waals surface area contributed by atoms with Crippen molar-refractivity contribution in [3.63, 3.8) is 0 Å². The van der Waals surface area contributed by atoms with E-state index in [-0.39, 0.29) is 6.04 Å². The number of hydrogen-bond donors (Lipinski definition) is 2. The Labute approximate surface area is 166 Å². The van der Waals surface area contributed by atoms with Crippen LogP contribution in [-0.4, -0.2) is 27.7 Å². The average molecular weight is 373 g/mol. The molecule has 0 aromatic heterocycles. The lowest BCUT2D eigenvalue weighted by Crippen LogP contribution is -2.48. The number of rotatable bonds is 5. The van der Waals surface area contributed by atoms with Crippen LogP contribution in [0, 0.1) is 6.92 Å². The van der Waals surface area contributed by atoms with E-state index in [1.54, 1.807) is 6.07 Å². The van der Waals surface area contributed by atoms with Crippen molar-refractivity contribution < 1.29 is 10.2 Å². The van der Waals surface area contributed by atoms with Crippen molar-refractivity contribution >= 4 is 0 Å². The summed E-state index contributed by atoms with van der Waals surface area (Å²) in [4.78, 5) is 2.31. The van der Waals surface area contributed by atoms with Crippen molar-refractivity contribution in [3.8, 4) is 5.75 Å². The third-order valence-corrected chi connectivity index (χ3v) is 5.88. The SMILES string of the molecule is Cc1ccc(O)c(CN2CCC[C@@H]2C(O)(c2ccccc2)c2ccccc2)c1. The van der Waals surface area contributed by atoms with E-state index < -0.39 is 5.60 Å². The first-order valence-electron chi connectivity index (χ1n) is 9.95. The van der Waals surface area contributed by atoms with Crippen LogP contribution in [0.15, 0.2) is 78.9 Å². The van der Waals surface area contributed by atoms with Gasteiger partial charge in [0, 0.05) is 18.2 Å². The Morgan fingerprint density at radius 1 is 0.929 bits per heavy atom. The first-order valence-corrected chi connectivity index (χ1v) is 9.95. The molecule has 28 heavy (non-hydrogen) atoms. The number of aliphatic hydroxyl groups is 1. The van der Waals surface area contributed by atoms with Gasteiger partial charge in [-0.25, -0.2) is 0 Å². The molecule has 1 heterocycles. The number of benzene rings is 3. The molecule has 0 radical (unpaired) electrons. The Bertz CT molecular complexity index is 884. The molecule has 0 bridgehead atoms. The largest absolute Gasteiger partial charge is 0.508 e. The number of phenolic OH excluding ortho intramolecular Hbond substituents is 1. The minimum absolute atomic E-state index is 0.0581. The standard InChI is InChI=1S/C25H27NO2/c1-19-14-15-23(27)20(17-19)18-26-16-8-13-24(26)25(28,21-9-4-2-5-10-21)22-11-6-3-7-12-22/h2-7,9-12,14-15,17,24,27-28H,8,13,16,18H2,1H3/t24-/m1/s1. The fourth-order valence-electron chi connectivity index (χ4n) is 4.48. The molecule has 2 N–H and O–H groups in total. The van der Waals surface area contributed by atoms with Crippen molar-refractivity contribution in [2.24, 2.45) is 0 Å². The number of hydrogen-bond acceptors (Lipinski definition) is 3. The maximum Gasteiger partial charge on any atom is 0.130 e. The summed E-state index contributed by atoms with van der Waals surface area (Å²) < 4.78 is 0. The Hall–Kier alpha value is -2.62. The lowest BCUT2D eigenvalue weighted by atomic mass is 9.79. The summed E-state index contributed by atoms with van der Waals surface area (Å²) >= 11 is 0. The topological polar surface area (TPSA) is 43.7 Å². The minimum Gasteiger partial charge on any atom is -0.508 e. The molecular formula is C25H27NO2. The second kappa shape index (κ2) is 7.78. The summed E-state index contributed by atoms with van der Waals surface area (Å²) in [5, 5.41) is 22.5. The number of phenols is 1. The van der Waals surface area contributed by atoms with Gasteiger partial charge in [0.1, 0.15) is 11.4 Å². The van der Waals surface area contributed by atoms with Gasteiger partial charge in [-0.2, -0.15) is 0 Å². The summed E-state index contributed by atoms with van der Waals surface area (Å²) in [6.45, 7) is 3.56. The molecule has 1 atom stereocenters. The van der Waals surface area contributed by atoms with E-state index in [9.17, 15) is 10.2 Å². The molecule has 3 heteroatoms. The summed E-state index contributed by atoms with van der Waals surface area (Å²) in [6.07, 6.45) is 1.94. The van der Waals surface area contributed by atoms with Crippen molar-refractivity contribution in [1.82, 2.24) is 4.90 Å². The van der Waals surface area contributed by atoms with Gasteiger partial charge >= 0.3 is 0 Å². The van der Waals surface area contributed by atoms with E-state index in [4.69, 9.17) is 0 Å². The maximum atomic E-state index is 12.1. The van der Waals surface area contributed by atoms with Gasteiger partial charge in [-0.15, -0.1) is 0 Å². The number of nitrogens with zero attached hydrogens (tertiary/aromatic N) is 1. The predicted molar refractivity (Wildman–Crippen MR) is 112 cm³/mol. The van der Waals surface area contributed by atoms with Gasteiger partial charge in [0.25, 0.3) is 0 Å². The van der Waals surface area contributed by atoms with Gasteiger partial charge in [-0.3, -0.25) is 4.90 Å². The zero-order valence-electron chi connectivity index (χ0n) is 16.3. The van der Waals surface area contributed by atoms with E-state index in [1.165, 1.54) is 0 Å². The Morgan fingerprint density at radius 2 is 1.54 bits per heavy atom. The molecule has 3 aromatic rings. The Kier molecular flexibility index (Phi) is 5.21. The fourth-order valence-corrected chi connectivity index (χ4v) is 4.48. The van der Waals surface area contributed by atoms with Crippen LogP contribution < -0.4 is 0 Å². The summed E-state index contributed by atoms with van der Waals surface area (Å²) in [5.41, 5.74) is 2.76. The van der Waals surface area contributed by atoms with E-state index in [2.05, 4.69) is 4.90 Å². The van der Waals surface area contributed by atoms with Gasteiger partial charge < -0.3 is 10.2 Å². The van der Waals surface area contributed by atoms with Crippen LogP contribution in [0.25, 0.3) is 0 Å². The Morgan fingerprint density at radius 3 is 2.14 bits per heavy atom. The third kappa shape index (κ3) is 3.44. The second-order valence-electron chi connectivity index (χ2n) is 7.76. The van der Waals surface area contributed by atoms with Crippen molar-refractivity contribution in [3.05, 3.63) is 101 Å². The number of aromatic hydroxyl groups is 1. The van der Waals surface area contributed by atoms with Crippen LogP contribution in [0.1, 0.15) is 35.1 Å². The monoisotopic (exact) mass is 373 g/mol. The van der Waals surface area contributed by atoms with Gasteiger partial charge in [-0.05, 0) is 43.5 Å². The number of likely N-dealkylation sites (tertiary alicyclic amines) is 1. The Balaban J connectivity index is 1.74. The van der Waals surface area contributed by atoms with Crippen LogP contribution in [0.3, 0.4) is 0 Å². The van der Waals surface area contributed by atoms with Crippen molar-refractivity contribution in [2.75, 3.05) is 6.54 Å². The third-order valence-electron chi connectivity index (χ3n) is 5.88. The normalized spacial score (nSPS) is 17.7. The molecule has 1 saturated heterocycles. The number of aryl methyl sites for hydroxylation is 1. The first kappa shape index (κ1) is 18.7. The lowest BCUT2D eigenvalue weighted by molar-refractivity contribution is -0.00672. The average Bonchev–Trinajstić information content (AvgIpc) is 3.20. The van der Waals surface area contributed by atoms with E-state index in [0.717, 1.165) is 41.6 Å². The molecule has 0 unspecified atom stereocenters. The molecule has 0 aliphatic carbocycles. The van der Waals surface area contributed by atoms with Gasteiger partial charge in [-0.1, -0.05) is 78.4 Å². The molecule has 1 aliphatic heterocycles. The molecule has 144 valence electrons. The highest BCUT2D eigenvalue weighted by Crippen LogP contribution is 2.41. The highest BCUT2D eigenvalue weighted by atomic mass is 16.3. The lowest BCUT2D eigenvalue weighted by Gasteiger charge is -2.40. The molecule has 1 fully saturated rings. The van der Waals surface area contributed by atoms with Crippen LogP contribution in [0.2, 0.25) is 0 Å². The quantitative estimate of drug-likeness (QED) is 0.687. The van der Waals surface area contributed by atoms with Crippen molar-refractivity contribution in [1.29, 1.82) is 0 Å². The zero-order valence-corrected chi connectivity index (χ0v) is 16.3. The van der Waals surface area contributed by atoms with E-state index >= 15 is 0 Å². The molecule has 0 saturated carbocycles. The molecule has 4 rings (SSSR count). The van der Waals surface area contributed by atoms with Crippen LogP contribution in [0.5, 0.6) is 5.75 Å². The summed E-state index contributed by atoms with van der Waals surface area (Å²) in [7, 11) is 0. The molecular weight excluding hydrogens is 346 g/mol. The van der Waals surface area contributed by atoms with Gasteiger partial charge in [0.05, 0.1) is 0 Å². The van der Waals surface area contributed by atoms with E-state index in [0.29, 0.717) is 12.3 Å². The minimum atomic E-state index is -1.10. The molecule has 0 spiro atoms. The molecule has 3 nitrogen and oxygen atoms in total. The highest BCUT2D eigenvalue weighted by Gasteiger charge is 2.45. The highest BCUT2D eigenvalue weighted by molar-refractivity contribution is 5.40. The van der Waals surface area contributed by atoms with Crippen LogP contribution in [0.4, 0.5) is 0 Å². The first-order chi connectivity index (χ1) is 13.6. The van der Waals surface area contributed by atoms with Gasteiger partial charge in [0.2, 0.25) is 0 Å². The maximum absolute atomic E-state index is 12.1. The van der Waals surface area contributed by atoms with Gasteiger partial charge in [0.15, 0.2) is 0 Å². The molecule has 3 aromatic carbocycles. The van der Waals surface area contributed by atoms with Crippen LogP contribution in [-0.2, 0) is 12.1 Å². The van der Waals surface area contributed by atoms with E-state index in [1.807, 2.05) is 79.7 Å². The van der Waals surface area contributed by atoms with Crippen LogP contribution >= 0.6 is 0 Å². The van der Waals surface area contributed by atoms with Crippen molar-refractivity contribution in [2.45, 2.75) is 38.0 Å². The summed E-state index contributed by atoms with van der Waals surface area (Å²) in [5.74, 6) is 0.319. The smallest absolute Gasteiger partial charge is 0.130 e.